The van der Waals surface area contributed by atoms with Crippen molar-refractivity contribution in [3.05, 3.63) is 39.0 Å². The standard InChI is InChI=1S/C17H16BrFN6O3/c18-12-5-11(1-2-13(12)19)25-16(24-27-17(25)26)14-15(23-28-22-14)21-10-3-8-6-20-7-9(8)4-10/h1-2,5,8-10,20H,3-4,6-7H2,(H,21,23). The molecule has 3 aromatic rings. The van der Waals surface area contributed by atoms with Crippen molar-refractivity contribution in [1.29, 1.82) is 0 Å². The van der Waals surface area contributed by atoms with Gasteiger partial charge in [-0.2, -0.15) is 0 Å². The van der Waals surface area contributed by atoms with Gasteiger partial charge >= 0.3 is 5.76 Å². The predicted octanol–water partition coefficient (Wildman–Crippen LogP) is 2.19. The monoisotopic (exact) mass is 450 g/mol. The average Bonchev–Trinajstić information content (AvgIpc) is 3.42. The van der Waals surface area contributed by atoms with Crippen molar-refractivity contribution in [3.8, 4) is 17.2 Å². The van der Waals surface area contributed by atoms with Gasteiger partial charge in [-0.05, 0) is 82.2 Å². The first kappa shape index (κ1) is 17.6. The van der Waals surface area contributed by atoms with E-state index in [1.165, 1.54) is 22.8 Å². The van der Waals surface area contributed by atoms with Gasteiger partial charge in [0.2, 0.25) is 11.6 Å². The maximum absolute atomic E-state index is 13.6. The van der Waals surface area contributed by atoms with Crippen LogP contribution in [-0.4, -0.2) is 39.2 Å². The van der Waals surface area contributed by atoms with Crippen molar-refractivity contribution in [2.75, 3.05) is 18.4 Å². The topological polar surface area (TPSA) is 111 Å². The fourth-order valence-corrected chi connectivity index (χ4v) is 4.53. The van der Waals surface area contributed by atoms with E-state index in [1.54, 1.807) is 0 Å². The minimum absolute atomic E-state index is 0.132. The SMILES string of the molecule is O=c1onc(-c2nonc2NC2CC3CNCC3C2)n1-c1ccc(F)c(Br)c1. The van der Waals surface area contributed by atoms with Crippen molar-refractivity contribution >= 4 is 21.7 Å². The lowest BCUT2D eigenvalue weighted by Crippen LogP contribution is -2.21. The van der Waals surface area contributed by atoms with Crippen molar-refractivity contribution in [3.63, 3.8) is 0 Å². The summed E-state index contributed by atoms with van der Waals surface area (Å²) in [4.78, 5) is 12.2. The van der Waals surface area contributed by atoms with Crippen molar-refractivity contribution in [2.24, 2.45) is 11.8 Å². The van der Waals surface area contributed by atoms with Crippen LogP contribution in [0, 0.1) is 17.7 Å². The molecule has 2 aliphatic rings. The van der Waals surface area contributed by atoms with Gasteiger partial charge < -0.3 is 10.6 Å². The fraction of sp³-hybridized carbons (Fsp3) is 0.412. The van der Waals surface area contributed by atoms with Gasteiger partial charge in [-0.25, -0.2) is 18.4 Å². The van der Waals surface area contributed by atoms with Crippen LogP contribution in [0.1, 0.15) is 12.8 Å². The maximum Gasteiger partial charge on any atom is 0.446 e. The third-order valence-corrected chi connectivity index (χ3v) is 6.07. The molecule has 5 rings (SSSR count). The molecule has 11 heteroatoms. The van der Waals surface area contributed by atoms with Crippen molar-refractivity contribution in [1.82, 2.24) is 25.4 Å². The Bertz CT molecular complexity index is 1070. The number of hydrogen-bond donors (Lipinski definition) is 2. The molecule has 1 aliphatic carbocycles. The van der Waals surface area contributed by atoms with Crippen LogP contribution < -0.4 is 16.4 Å². The fourth-order valence-electron chi connectivity index (χ4n) is 4.16. The molecule has 28 heavy (non-hydrogen) atoms. The van der Waals surface area contributed by atoms with Crippen LogP contribution in [0.2, 0.25) is 0 Å². The Hall–Kier alpha value is -2.53. The summed E-state index contributed by atoms with van der Waals surface area (Å²) in [5, 5.41) is 18.5. The molecule has 146 valence electrons. The van der Waals surface area contributed by atoms with Crippen molar-refractivity contribution in [2.45, 2.75) is 18.9 Å². The lowest BCUT2D eigenvalue weighted by molar-refractivity contribution is 0.309. The van der Waals surface area contributed by atoms with Crippen LogP contribution >= 0.6 is 15.9 Å². The van der Waals surface area contributed by atoms with E-state index >= 15 is 0 Å². The summed E-state index contributed by atoms with van der Waals surface area (Å²) in [5.74, 6) is 0.684. The second-order valence-electron chi connectivity index (χ2n) is 7.16. The van der Waals surface area contributed by atoms with Crippen LogP contribution in [0.3, 0.4) is 0 Å². The quantitative estimate of drug-likeness (QED) is 0.621. The number of nitrogens with zero attached hydrogens (tertiary/aromatic N) is 4. The summed E-state index contributed by atoms with van der Waals surface area (Å²) in [7, 11) is 0. The molecule has 1 saturated heterocycles. The van der Waals surface area contributed by atoms with Gasteiger partial charge in [-0.15, -0.1) is 0 Å². The molecular weight excluding hydrogens is 435 g/mol. The summed E-state index contributed by atoms with van der Waals surface area (Å²) in [6.45, 7) is 2.07. The van der Waals surface area contributed by atoms with Crippen LogP contribution in [0.5, 0.6) is 0 Å². The number of halogens is 2. The van der Waals surface area contributed by atoms with Crippen LogP contribution in [0.15, 0.2) is 36.6 Å². The Kier molecular flexibility index (Phi) is 4.27. The Morgan fingerprint density at radius 3 is 2.75 bits per heavy atom. The van der Waals surface area contributed by atoms with Gasteiger partial charge in [0.05, 0.1) is 10.2 Å². The predicted molar refractivity (Wildman–Crippen MR) is 99.5 cm³/mol. The lowest BCUT2D eigenvalue weighted by Gasteiger charge is -2.13. The lowest BCUT2D eigenvalue weighted by atomic mass is 10.0. The molecule has 0 amide bonds. The van der Waals surface area contributed by atoms with Gasteiger partial charge in [0, 0.05) is 6.04 Å². The number of nitrogens with one attached hydrogen (secondary N) is 2. The largest absolute Gasteiger partial charge is 0.446 e. The summed E-state index contributed by atoms with van der Waals surface area (Å²) < 4.78 is 24.7. The Morgan fingerprint density at radius 2 is 2.00 bits per heavy atom. The first-order chi connectivity index (χ1) is 13.6. The maximum atomic E-state index is 13.6. The smallest absolute Gasteiger partial charge is 0.362 e. The minimum atomic E-state index is -0.719. The average molecular weight is 451 g/mol. The van der Waals surface area contributed by atoms with Crippen molar-refractivity contribution < 1.29 is 13.5 Å². The molecule has 1 aliphatic heterocycles. The van der Waals surface area contributed by atoms with Gasteiger partial charge in [0.1, 0.15) is 5.82 Å². The number of anilines is 1. The number of rotatable bonds is 4. The Morgan fingerprint density at radius 1 is 1.21 bits per heavy atom. The zero-order chi connectivity index (χ0) is 19.3. The number of fused-ring (bicyclic) bond motifs is 1. The highest BCUT2D eigenvalue weighted by molar-refractivity contribution is 9.10. The first-order valence-electron chi connectivity index (χ1n) is 8.94. The van der Waals surface area contributed by atoms with Crippen LogP contribution in [0.25, 0.3) is 17.2 Å². The van der Waals surface area contributed by atoms with E-state index in [-0.39, 0.29) is 22.0 Å². The van der Waals surface area contributed by atoms with Gasteiger partial charge in [0.15, 0.2) is 5.69 Å². The summed E-state index contributed by atoms with van der Waals surface area (Å²) >= 11 is 3.12. The molecule has 2 N–H and O–H groups in total. The van der Waals surface area contributed by atoms with E-state index in [4.69, 9.17) is 9.15 Å². The van der Waals surface area contributed by atoms with Gasteiger partial charge in [-0.3, -0.25) is 4.52 Å². The van der Waals surface area contributed by atoms with Crippen LogP contribution in [0.4, 0.5) is 10.2 Å². The minimum Gasteiger partial charge on any atom is -0.362 e. The van der Waals surface area contributed by atoms with E-state index in [1.807, 2.05) is 0 Å². The summed E-state index contributed by atoms with van der Waals surface area (Å²) in [6.07, 6.45) is 2.06. The molecule has 3 heterocycles. The van der Waals surface area contributed by atoms with E-state index in [0.717, 1.165) is 25.9 Å². The molecule has 2 unspecified atom stereocenters. The molecule has 0 bridgehead atoms. The molecule has 2 fully saturated rings. The molecular formula is C17H16BrFN6O3. The van der Waals surface area contributed by atoms with Gasteiger partial charge in [0.25, 0.3) is 0 Å². The third kappa shape index (κ3) is 2.94. The summed E-state index contributed by atoms with van der Waals surface area (Å²) in [6, 6.07) is 4.40. The number of aromatic nitrogens is 4. The molecule has 2 atom stereocenters. The summed E-state index contributed by atoms with van der Waals surface area (Å²) in [5.41, 5.74) is 0.645. The normalized spacial score (nSPS) is 23.9. The highest BCUT2D eigenvalue weighted by atomic mass is 79.9. The Labute approximate surface area is 166 Å². The first-order valence-corrected chi connectivity index (χ1v) is 9.74. The number of hydrogen-bond acceptors (Lipinski definition) is 8. The molecule has 9 nitrogen and oxygen atoms in total. The molecule has 1 aromatic carbocycles. The molecule has 0 spiro atoms. The zero-order valence-electron chi connectivity index (χ0n) is 14.6. The second-order valence-corrected chi connectivity index (χ2v) is 8.01. The third-order valence-electron chi connectivity index (χ3n) is 5.46. The van der Waals surface area contributed by atoms with E-state index in [2.05, 4.69) is 42.0 Å². The van der Waals surface area contributed by atoms with Gasteiger partial charge in [-0.1, -0.05) is 5.16 Å². The van der Waals surface area contributed by atoms with Crippen LogP contribution in [-0.2, 0) is 0 Å². The highest BCUT2D eigenvalue weighted by Gasteiger charge is 2.38. The molecule has 1 saturated carbocycles. The second kappa shape index (κ2) is 6.82. The number of benzene rings is 1. The van der Waals surface area contributed by atoms with E-state index in [9.17, 15) is 9.18 Å². The zero-order valence-corrected chi connectivity index (χ0v) is 16.1. The highest BCUT2D eigenvalue weighted by Crippen LogP contribution is 2.37. The van der Waals surface area contributed by atoms with E-state index < -0.39 is 11.6 Å². The van der Waals surface area contributed by atoms with E-state index in [0.29, 0.717) is 23.3 Å². The Balaban J connectivity index is 1.47. The molecule has 2 aromatic heterocycles. The molecule has 0 radical (unpaired) electrons.